The first-order valence-electron chi connectivity index (χ1n) is 10.3. The summed E-state index contributed by atoms with van der Waals surface area (Å²) < 4.78 is 0. The molecule has 0 heterocycles. The van der Waals surface area contributed by atoms with Crippen LogP contribution in [-0.2, 0) is 21.4 Å². The van der Waals surface area contributed by atoms with Crippen LogP contribution < -0.4 is 10.6 Å². The normalized spacial score (nSPS) is 15.6. The van der Waals surface area contributed by atoms with Gasteiger partial charge in [-0.05, 0) is 24.0 Å². The Bertz CT molecular complexity index is 753. The van der Waals surface area contributed by atoms with E-state index in [4.69, 9.17) is 0 Å². The predicted octanol–water partition coefficient (Wildman–Crippen LogP) is 3.75. The Morgan fingerprint density at radius 3 is 2.11 bits per heavy atom. The van der Waals surface area contributed by atoms with Crippen LogP contribution in [0.25, 0.3) is 0 Å². The summed E-state index contributed by atoms with van der Waals surface area (Å²) >= 11 is 0. The molecule has 2 aromatic carbocycles. The number of hydrogen-bond donors (Lipinski definition) is 2. The highest BCUT2D eigenvalue weighted by molar-refractivity contribution is 5.80. The van der Waals surface area contributed by atoms with Crippen molar-refractivity contribution in [3.8, 4) is 0 Å². The van der Waals surface area contributed by atoms with Gasteiger partial charge >= 0.3 is 0 Å². The largest absolute Gasteiger partial charge is 0.355 e. The van der Waals surface area contributed by atoms with E-state index in [-0.39, 0.29) is 17.2 Å². The molecule has 0 unspecified atom stereocenters. The summed E-state index contributed by atoms with van der Waals surface area (Å²) in [7, 11) is 0. The third-order valence-corrected chi connectivity index (χ3v) is 5.70. The highest BCUT2D eigenvalue weighted by Gasteiger charge is 2.33. The predicted molar refractivity (Wildman–Crippen MR) is 112 cm³/mol. The van der Waals surface area contributed by atoms with Crippen molar-refractivity contribution >= 4 is 11.8 Å². The fourth-order valence-electron chi connectivity index (χ4n) is 4.10. The van der Waals surface area contributed by atoms with E-state index in [9.17, 15) is 9.59 Å². The van der Waals surface area contributed by atoms with Gasteiger partial charge in [-0.3, -0.25) is 9.59 Å². The van der Waals surface area contributed by atoms with Gasteiger partial charge < -0.3 is 10.6 Å². The number of nitrogens with one attached hydrogen (secondary N) is 2. The maximum atomic E-state index is 12.3. The van der Waals surface area contributed by atoms with Crippen LogP contribution in [0, 0.1) is 0 Å². The van der Waals surface area contributed by atoms with E-state index < -0.39 is 0 Å². The molecule has 0 aromatic heterocycles. The zero-order chi connectivity index (χ0) is 19.7. The van der Waals surface area contributed by atoms with Gasteiger partial charge in [-0.25, -0.2) is 0 Å². The molecule has 2 aromatic rings. The van der Waals surface area contributed by atoms with Crippen molar-refractivity contribution in [1.82, 2.24) is 10.6 Å². The van der Waals surface area contributed by atoms with Crippen LogP contribution >= 0.6 is 0 Å². The maximum Gasteiger partial charge on any atom is 0.224 e. The second-order valence-corrected chi connectivity index (χ2v) is 7.75. The Hall–Kier alpha value is -2.62. The lowest BCUT2D eigenvalue weighted by molar-refractivity contribution is -0.122. The molecule has 0 radical (unpaired) electrons. The molecule has 1 saturated carbocycles. The summed E-state index contributed by atoms with van der Waals surface area (Å²) in [6.07, 6.45) is 6.58. The summed E-state index contributed by atoms with van der Waals surface area (Å²) in [5.41, 5.74) is 2.35. The van der Waals surface area contributed by atoms with Gasteiger partial charge in [-0.2, -0.15) is 0 Å². The number of carbonyl (C=O) groups excluding carboxylic acids is 2. The molecule has 28 heavy (non-hydrogen) atoms. The first kappa shape index (κ1) is 20.1. The van der Waals surface area contributed by atoms with Crippen molar-refractivity contribution in [3.63, 3.8) is 0 Å². The number of benzene rings is 2. The zero-order valence-electron chi connectivity index (χ0n) is 16.5. The van der Waals surface area contributed by atoms with Gasteiger partial charge in [0, 0.05) is 24.9 Å². The van der Waals surface area contributed by atoms with Gasteiger partial charge in [0.1, 0.15) is 0 Å². The van der Waals surface area contributed by atoms with Gasteiger partial charge in [0.15, 0.2) is 0 Å². The van der Waals surface area contributed by atoms with Crippen molar-refractivity contribution in [2.24, 2.45) is 0 Å². The molecular weight excluding hydrogens is 348 g/mol. The Morgan fingerprint density at radius 2 is 1.43 bits per heavy atom. The minimum atomic E-state index is -0.0490. The average Bonchev–Trinajstić information content (AvgIpc) is 2.74. The minimum Gasteiger partial charge on any atom is -0.355 e. The monoisotopic (exact) mass is 378 g/mol. The van der Waals surface area contributed by atoms with Crippen molar-refractivity contribution < 1.29 is 9.59 Å². The standard InChI is InChI=1S/C24H30N2O2/c27-22(14-17-25-23(28)18-20-10-4-1-5-11-20)26-19-24(15-8-3-9-16-24)21-12-6-2-7-13-21/h1-2,4-7,10-13H,3,8-9,14-19H2,(H,25,28)(H,26,27). The third-order valence-electron chi connectivity index (χ3n) is 5.70. The second-order valence-electron chi connectivity index (χ2n) is 7.75. The van der Waals surface area contributed by atoms with E-state index >= 15 is 0 Å². The molecule has 2 N–H and O–H groups in total. The Balaban J connectivity index is 1.44. The molecule has 0 saturated heterocycles. The summed E-state index contributed by atoms with van der Waals surface area (Å²) in [5.74, 6) is -0.0482. The van der Waals surface area contributed by atoms with E-state index in [1.54, 1.807) is 0 Å². The fraction of sp³-hybridized carbons (Fsp3) is 0.417. The first-order valence-corrected chi connectivity index (χ1v) is 10.3. The molecule has 4 heteroatoms. The van der Waals surface area contributed by atoms with Gasteiger partial charge in [-0.15, -0.1) is 0 Å². The van der Waals surface area contributed by atoms with Gasteiger partial charge in [-0.1, -0.05) is 79.9 Å². The lowest BCUT2D eigenvalue weighted by Crippen LogP contribution is -2.43. The minimum absolute atomic E-state index is 0.000825. The molecule has 1 aliphatic rings. The summed E-state index contributed by atoms with van der Waals surface area (Å²) in [6, 6.07) is 20.2. The SMILES string of the molecule is O=C(CCNC(=O)Cc1ccccc1)NCC1(c2ccccc2)CCCCC1. The van der Waals surface area contributed by atoms with Crippen molar-refractivity contribution in [2.45, 2.75) is 50.4 Å². The van der Waals surface area contributed by atoms with E-state index in [2.05, 4.69) is 34.9 Å². The zero-order valence-corrected chi connectivity index (χ0v) is 16.5. The second kappa shape index (κ2) is 10.1. The van der Waals surface area contributed by atoms with Crippen LogP contribution in [0.2, 0.25) is 0 Å². The van der Waals surface area contributed by atoms with Gasteiger partial charge in [0.2, 0.25) is 11.8 Å². The summed E-state index contributed by atoms with van der Waals surface area (Å²) in [4.78, 5) is 24.3. The third kappa shape index (κ3) is 5.69. The Kier molecular flexibility index (Phi) is 7.24. The number of rotatable bonds is 8. The quantitative estimate of drug-likeness (QED) is 0.735. The highest BCUT2D eigenvalue weighted by Crippen LogP contribution is 2.38. The van der Waals surface area contributed by atoms with Crippen molar-refractivity contribution in [2.75, 3.05) is 13.1 Å². The number of amides is 2. The molecule has 0 aliphatic heterocycles. The first-order chi connectivity index (χ1) is 13.7. The molecule has 3 rings (SSSR count). The topological polar surface area (TPSA) is 58.2 Å². The van der Waals surface area contributed by atoms with E-state index in [0.29, 0.717) is 25.9 Å². The van der Waals surface area contributed by atoms with Crippen molar-refractivity contribution in [1.29, 1.82) is 0 Å². The molecule has 2 amide bonds. The number of hydrogen-bond acceptors (Lipinski definition) is 2. The van der Waals surface area contributed by atoms with Gasteiger partial charge in [0.05, 0.1) is 6.42 Å². The highest BCUT2D eigenvalue weighted by atomic mass is 16.2. The Labute approximate surface area is 167 Å². The lowest BCUT2D eigenvalue weighted by atomic mass is 9.69. The van der Waals surface area contributed by atoms with Crippen LogP contribution in [0.15, 0.2) is 60.7 Å². The molecule has 0 atom stereocenters. The Morgan fingerprint density at radius 1 is 0.786 bits per heavy atom. The van der Waals surface area contributed by atoms with E-state index in [1.165, 1.54) is 24.8 Å². The molecule has 148 valence electrons. The van der Waals surface area contributed by atoms with Gasteiger partial charge in [0.25, 0.3) is 0 Å². The fourth-order valence-corrected chi connectivity index (χ4v) is 4.10. The van der Waals surface area contributed by atoms with E-state index in [1.807, 2.05) is 36.4 Å². The van der Waals surface area contributed by atoms with Crippen LogP contribution in [0.5, 0.6) is 0 Å². The molecule has 4 nitrogen and oxygen atoms in total. The molecule has 1 aliphatic carbocycles. The smallest absolute Gasteiger partial charge is 0.224 e. The average molecular weight is 379 g/mol. The van der Waals surface area contributed by atoms with Crippen LogP contribution in [0.3, 0.4) is 0 Å². The summed E-state index contributed by atoms with van der Waals surface area (Å²) in [6.45, 7) is 1.05. The van der Waals surface area contributed by atoms with Crippen LogP contribution in [0.1, 0.15) is 49.7 Å². The molecular formula is C24H30N2O2. The van der Waals surface area contributed by atoms with Crippen LogP contribution in [-0.4, -0.2) is 24.9 Å². The molecule has 0 bridgehead atoms. The van der Waals surface area contributed by atoms with Crippen LogP contribution in [0.4, 0.5) is 0 Å². The van der Waals surface area contributed by atoms with E-state index in [0.717, 1.165) is 18.4 Å². The lowest BCUT2D eigenvalue weighted by Gasteiger charge is -2.38. The number of carbonyl (C=O) groups is 2. The van der Waals surface area contributed by atoms with Crippen molar-refractivity contribution in [3.05, 3.63) is 71.8 Å². The molecule has 0 spiro atoms. The summed E-state index contributed by atoms with van der Waals surface area (Å²) in [5, 5.41) is 5.97. The molecule has 1 fully saturated rings. The maximum absolute atomic E-state index is 12.3.